The Balaban J connectivity index is 2.05. The summed E-state index contributed by atoms with van der Waals surface area (Å²) in [4.78, 5) is 0. The van der Waals surface area contributed by atoms with Crippen molar-refractivity contribution in [3.05, 3.63) is 29.8 Å². The van der Waals surface area contributed by atoms with Gasteiger partial charge in [0, 0.05) is 24.3 Å². The first-order valence-electron chi connectivity index (χ1n) is 6.59. The molecule has 6 heteroatoms. The van der Waals surface area contributed by atoms with Gasteiger partial charge in [-0.05, 0) is 37.1 Å². The maximum atomic E-state index is 12.2. The number of hydrogen-bond donors (Lipinski definition) is 2. The predicted octanol–water partition coefficient (Wildman–Crippen LogP) is 1.17. The molecule has 1 aromatic carbocycles. The van der Waals surface area contributed by atoms with E-state index >= 15 is 0 Å². The Kier molecular flexibility index (Phi) is 5.01. The molecule has 0 aromatic heterocycles. The first kappa shape index (κ1) is 14.9. The summed E-state index contributed by atoms with van der Waals surface area (Å²) in [5, 5.41) is 8.61. The molecule has 20 heavy (non-hydrogen) atoms. The van der Waals surface area contributed by atoms with Crippen molar-refractivity contribution in [1.29, 1.82) is 0 Å². The molecule has 1 aromatic rings. The summed E-state index contributed by atoms with van der Waals surface area (Å²) in [6, 6.07) is 6.78. The highest BCUT2D eigenvalue weighted by Crippen LogP contribution is 2.16. The van der Waals surface area contributed by atoms with Crippen molar-refractivity contribution in [3.8, 4) is 11.8 Å². The van der Waals surface area contributed by atoms with E-state index in [4.69, 9.17) is 5.11 Å². The third-order valence-electron chi connectivity index (χ3n) is 3.10. The molecule has 1 heterocycles. The molecule has 0 atom stereocenters. The number of hydrogen-bond acceptors (Lipinski definition) is 3. The number of benzene rings is 1. The summed E-state index contributed by atoms with van der Waals surface area (Å²) in [5.74, 6) is 5.30. The molecule has 108 valence electrons. The van der Waals surface area contributed by atoms with E-state index in [0.717, 1.165) is 24.8 Å². The minimum atomic E-state index is -3.46. The molecule has 0 spiro atoms. The van der Waals surface area contributed by atoms with Crippen LogP contribution in [0.5, 0.6) is 0 Å². The fourth-order valence-electron chi connectivity index (χ4n) is 2.08. The second-order valence-electron chi connectivity index (χ2n) is 4.60. The number of aliphatic hydroxyl groups is 1. The van der Waals surface area contributed by atoms with E-state index in [-0.39, 0.29) is 6.61 Å². The highest BCUT2D eigenvalue weighted by molar-refractivity contribution is 7.90. The number of nitrogens with one attached hydrogen (secondary N) is 1. The fraction of sp³-hybridized carbons (Fsp3) is 0.429. The van der Waals surface area contributed by atoms with Gasteiger partial charge in [0.15, 0.2) is 0 Å². The van der Waals surface area contributed by atoms with Crippen LogP contribution in [0.25, 0.3) is 0 Å². The normalized spacial score (nSPS) is 16.2. The summed E-state index contributed by atoms with van der Waals surface area (Å²) >= 11 is 0. The van der Waals surface area contributed by atoms with Gasteiger partial charge in [-0.1, -0.05) is 18.3 Å². The van der Waals surface area contributed by atoms with Crippen LogP contribution in [0.1, 0.15) is 24.8 Å². The fourth-order valence-corrected chi connectivity index (χ4v) is 3.38. The van der Waals surface area contributed by atoms with E-state index in [9.17, 15) is 8.42 Å². The van der Waals surface area contributed by atoms with Crippen molar-refractivity contribution in [1.82, 2.24) is 4.31 Å². The van der Waals surface area contributed by atoms with Crippen LogP contribution >= 0.6 is 0 Å². The van der Waals surface area contributed by atoms with Gasteiger partial charge in [-0.15, -0.1) is 0 Å². The van der Waals surface area contributed by atoms with Gasteiger partial charge in [-0.25, -0.2) is 0 Å². The molecule has 0 amide bonds. The zero-order valence-corrected chi connectivity index (χ0v) is 12.0. The zero-order valence-electron chi connectivity index (χ0n) is 11.2. The quantitative estimate of drug-likeness (QED) is 0.822. The molecule has 1 saturated heterocycles. The van der Waals surface area contributed by atoms with Crippen molar-refractivity contribution < 1.29 is 13.5 Å². The van der Waals surface area contributed by atoms with Gasteiger partial charge in [0.1, 0.15) is 6.61 Å². The van der Waals surface area contributed by atoms with Crippen LogP contribution in [-0.4, -0.2) is 37.5 Å². The number of nitrogens with zero attached hydrogens (tertiary/aromatic N) is 1. The Hall–Kier alpha value is -1.55. The smallest absolute Gasteiger partial charge is 0.301 e. The number of rotatable bonds is 3. The van der Waals surface area contributed by atoms with Gasteiger partial charge in [-0.3, -0.25) is 4.72 Å². The summed E-state index contributed by atoms with van der Waals surface area (Å²) in [7, 11) is -3.46. The molecule has 1 fully saturated rings. The van der Waals surface area contributed by atoms with Crippen LogP contribution < -0.4 is 4.72 Å². The Bertz CT molecular complexity index is 594. The van der Waals surface area contributed by atoms with Gasteiger partial charge in [0.05, 0.1) is 0 Å². The maximum absolute atomic E-state index is 12.2. The van der Waals surface area contributed by atoms with E-state index < -0.39 is 10.2 Å². The van der Waals surface area contributed by atoms with Crippen molar-refractivity contribution in [2.75, 3.05) is 24.4 Å². The number of piperidine rings is 1. The van der Waals surface area contributed by atoms with Gasteiger partial charge in [0.2, 0.25) is 0 Å². The monoisotopic (exact) mass is 294 g/mol. The van der Waals surface area contributed by atoms with Gasteiger partial charge < -0.3 is 5.11 Å². The van der Waals surface area contributed by atoms with Crippen LogP contribution in [0.4, 0.5) is 5.69 Å². The third kappa shape index (κ3) is 3.97. The topological polar surface area (TPSA) is 69.6 Å². The lowest BCUT2D eigenvalue weighted by atomic mass is 10.2. The van der Waals surface area contributed by atoms with Crippen LogP contribution in [-0.2, 0) is 10.2 Å². The Morgan fingerprint density at radius 2 is 1.80 bits per heavy atom. The number of aliphatic hydroxyl groups excluding tert-OH is 1. The molecule has 0 aliphatic carbocycles. The third-order valence-corrected chi connectivity index (χ3v) is 4.64. The van der Waals surface area contributed by atoms with Crippen molar-refractivity contribution in [2.24, 2.45) is 0 Å². The molecule has 0 bridgehead atoms. The highest BCUT2D eigenvalue weighted by atomic mass is 32.2. The van der Waals surface area contributed by atoms with E-state index in [0.29, 0.717) is 18.8 Å². The minimum absolute atomic E-state index is 0.191. The lowest BCUT2D eigenvalue weighted by Gasteiger charge is -2.26. The molecule has 0 radical (unpaired) electrons. The molecule has 2 N–H and O–H groups in total. The summed E-state index contributed by atoms with van der Waals surface area (Å²) in [5.41, 5.74) is 1.25. The maximum Gasteiger partial charge on any atom is 0.301 e. The predicted molar refractivity (Wildman–Crippen MR) is 78.4 cm³/mol. The van der Waals surface area contributed by atoms with Crippen LogP contribution in [0.15, 0.2) is 24.3 Å². The largest absolute Gasteiger partial charge is 0.384 e. The molecule has 5 nitrogen and oxygen atoms in total. The average molecular weight is 294 g/mol. The SMILES string of the molecule is O=S(=O)(Nc1ccc(C#CCO)cc1)N1CCCCC1. The molecule has 0 unspecified atom stereocenters. The molecular weight excluding hydrogens is 276 g/mol. The first-order valence-corrected chi connectivity index (χ1v) is 8.03. The minimum Gasteiger partial charge on any atom is -0.384 e. The Morgan fingerprint density at radius 1 is 1.15 bits per heavy atom. The zero-order chi connectivity index (χ0) is 14.4. The molecule has 2 rings (SSSR count). The van der Waals surface area contributed by atoms with Gasteiger partial charge in [0.25, 0.3) is 0 Å². The summed E-state index contributed by atoms with van der Waals surface area (Å²) in [6.07, 6.45) is 2.91. The lowest BCUT2D eigenvalue weighted by molar-refractivity contribution is 0.349. The van der Waals surface area contributed by atoms with E-state index in [1.807, 2.05) is 0 Å². The molecule has 1 aliphatic rings. The first-order chi connectivity index (χ1) is 9.62. The van der Waals surface area contributed by atoms with E-state index in [1.54, 1.807) is 24.3 Å². The van der Waals surface area contributed by atoms with Crippen LogP contribution in [0.3, 0.4) is 0 Å². The van der Waals surface area contributed by atoms with Crippen molar-refractivity contribution in [3.63, 3.8) is 0 Å². The van der Waals surface area contributed by atoms with Gasteiger partial charge in [-0.2, -0.15) is 12.7 Å². The molecular formula is C14H18N2O3S. The second-order valence-corrected chi connectivity index (χ2v) is 6.27. The summed E-state index contributed by atoms with van der Waals surface area (Å²) < 4.78 is 28.4. The van der Waals surface area contributed by atoms with Crippen LogP contribution in [0.2, 0.25) is 0 Å². The Labute approximate surface area is 119 Å². The molecule has 0 saturated carbocycles. The summed E-state index contributed by atoms with van der Waals surface area (Å²) in [6.45, 7) is 0.966. The average Bonchev–Trinajstić information content (AvgIpc) is 2.47. The second kappa shape index (κ2) is 6.75. The number of anilines is 1. The van der Waals surface area contributed by atoms with Crippen molar-refractivity contribution >= 4 is 15.9 Å². The Morgan fingerprint density at radius 3 is 2.40 bits per heavy atom. The lowest BCUT2D eigenvalue weighted by Crippen LogP contribution is -2.39. The molecule has 1 aliphatic heterocycles. The van der Waals surface area contributed by atoms with E-state index in [2.05, 4.69) is 16.6 Å². The van der Waals surface area contributed by atoms with Gasteiger partial charge >= 0.3 is 10.2 Å². The van der Waals surface area contributed by atoms with Crippen LogP contribution in [0, 0.1) is 11.8 Å². The standard InChI is InChI=1S/C14H18N2O3S/c17-12-4-5-13-6-8-14(9-7-13)15-20(18,19)16-10-2-1-3-11-16/h6-9,15,17H,1-3,10-12H2. The van der Waals surface area contributed by atoms with E-state index in [1.165, 1.54) is 4.31 Å². The highest BCUT2D eigenvalue weighted by Gasteiger charge is 2.23. The van der Waals surface area contributed by atoms with Crippen molar-refractivity contribution in [2.45, 2.75) is 19.3 Å².